The predicted octanol–water partition coefficient (Wildman–Crippen LogP) is 3.22. The van der Waals surface area contributed by atoms with E-state index in [4.69, 9.17) is 0 Å². The lowest BCUT2D eigenvalue weighted by molar-refractivity contribution is -0.384. The Morgan fingerprint density at radius 1 is 1.50 bits per heavy atom. The average Bonchev–Trinajstić information content (AvgIpc) is 2.91. The lowest BCUT2D eigenvalue weighted by Crippen LogP contribution is -2.00. The molecule has 20 heavy (non-hydrogen) atoms. The fourth-order valence-electron chi connectivity index (χ4n) is 2.21. The van der Waals surface area contributed by atoms with Gasteiger partial charge in [-0.2, -0.15) is 5.10 Å². The molecule has 0 N–H and O–H groups in total. The molecule has 2 rings (SSSR count). The maximum Gasteiger partial charge on any atom is 0.306 e. The maximum atomic E-state index is 11.4. The number of carbonyl (C=O) groups excluding carboxylic acids is 1. The SMILES string of the molecule is CCc1c(C)nn(-c2sc(C(C)=O)cc2[N+](=O)[O-])c1C. The van der Waals surface area contributed by atoms with Crippen LogP contribution in [0.2, 0.25) is 0 Å². The number of aryl methyl sites for hydroxylation is 1. The van der Waals surface area contributed by atoms with Gasteiger partial charge in [0.1, 0.15) is 0 Å². The Hall–Kier alpha value is -2.02. The average molecular weight is 293 g/mol. The predicted molar refractivity (Wildman–Crippen MR) is 77.0 cm³/mol. The molecular formula is C13H15N3O3S. The van der Waals surface area contributed by atoms with Crippen LogP contribution in [0.4, 0.5) is 5.69 Å². The molecule has 6 nitrogen and oxygen atoms in total. The zero-order chi connectivity index (χ0) is 15.0. The van der Waals surface area contributed by atoms with E-state index in [0.717, 1.165) is 34.7 Å². The summed E-state index contributed by atoms with van der Waals surface area (Å²) in [7, 11) is 0. The molecule has 0 saturated heterocycles. The van der Waals surface area contributed by atoms with Crippen molar-refractivity contribution in [1.82, 2.24) is 9.78 Å². The van der Waals surface area contributed by atoms with Crippen LogP contribution in [0.3, 0.4) is 0 Å². The van der Waals surface area contributed by atoms with E-state index < -0.39 is 4.92 Å². The lowest BCUT2D eigenvalue weighted by Gasteiger charge is -2.01. The van der Waals surface area contributed by atoms with Crippen molar-refractivity contribution in [2.24, 2.45) is 0 Å². The quantitative estimate of drug-likeness (QED) is 0.492. The highest BCUT2D eigenvalue weighted by Gasteiger charge is 2.25. The third-order valence-electron chi connectivity index (χ3n) is 3.22. The number of rotatable bonds is 4. The Balaban J connectivity index is 2.68. The molecule has 0 fully saturated rings. The second-order valence-corrected chi connectivity index (χ2v) is 5.56. The highest BCUT2D eigenvalue weighted by Crippen LogP contribution is 2.34. The van der Waals surface area contributed by atoms with Gasteiger partial charge in [0.05, 0.1) is 15.5 Å². The minimum Gasteiger partial charge on any atom is -0.294 e. The lowest BCUT2D eigenvalue weighted by atomic mass is 10.1. The van der Waals surface area contributed by atoms with Crippen molar-refractivity contribution in [2.75, 3.05) is 0 Å². The van der Waals surface area contributed by atoms with Crippen molar-refractivity contribution in [1.29, 1.82) is 0 Å². The normalized spacial score (nSPS) is 10.8. The molecule has 0 saturated carbocycles. The summed E-state index contributed by atoms with van der Waals surface area (Å²) in [6.45, 7) is 7.19. The standard InChI is InChI=1S/C13H15N3O3S/c1-5-10-7(2)14-15(8(10)3)13-11(16(18)19)6-12(20-13)9(4)17/h6H,5H2,1-4H3. The molecule has 0 aliphatic rings. The summed E-state index contributed by atoms with van der Waals surface area (Å²) in [6, 6.07) is 1.32. The van der Waals surface area contributed by atoms with Crippen LogP contribution in [0.25, 0.3) is 5.00 Å². The number of carbonyl (C=O) groups is 1. The van der Waals surface area contributed by atoms with E-state index in [0.29, 0.717) is 9.88 Å². The topological polar surface area (TPSA) is 78.0 Å². The van der Waals surface area contributed by atoms with Crippen LogP contribution in [0.15, 0.2) is 6.07 Å². The first-order chi connectivity index (χ1) is 9.36. The van der Waals surface area contributed by atoms with Gasteiger partial charge in [-0.05, 0) is 32.8 Å². The van der Waals surface area contributed by atoms with Gasteiger partial charge in [0.2, 0.25) is 0 Å². The van der Waals surface area contributed by atoms with Gasteiger partial charge in [0, 0.05) is 11.8 Å². The monoisotopic (exact) mass is 293 g/mol. The Bertz CT molecular complexity index is 700. The van der Waals surface area contributed by atoms with Crippen LogP contribution in [0.5, 0.6) is 0 Å². The number of hydrogen-bond donors (Lipinski definition) is 0. The zero-order valence-electron chi connectivity index (χ0n) is 11.8. The molecule has 7 heteroatoms. The van der Waals surface area contributed by atoms with Gasteiger partial charge in [-0.3, -0.25) is 14.9 Å². The van der Waals surface area contributed by atoms with Gasteiger partial charge in [-0.1, -0.05) is 6.92 Å². The van der Waals surface area contributed by atoms with Gasteiger partial charge in [-0.25, -0.2) is 4.68 Å². The molecule has 0 aliphatic heterocycles. The molecule has 2 aromatic heterocycles. The highest BCUT2D eigenvalue weighted by molar-refractivity contribution is 7.17. The molecule has 0 aliphatic carbocycles. The molecule has 2 aromatic rings. The minimum absolute atomic E-state index is 0.0755. The number of ketones is 1. The fourth-order valence-corrected chi connectivity index (χ4v) is 3.24. The van der Waals surface area contributed by atoms with Gasteiger partial charge < -0.3 is 0 Å². The van der Waals surface area contributed by atoms with Crippen molar-refractivity contribution in [3.8, 4) is 5.00 Å². The molecule has 0 bridgehead atoms. The number of Topliss-reactive ketones (excluding diaryl/α,β-unsaturated/α-hetero) is 1. The van der Waals surface area contributed by atoms with Crippen molar-refractivity contribution < 1.29 is 9.72 Å². The Kier molecular flexibility index (Phi) is 3.71. The summed E-state index contributed by atoms with van der Waals surface area (Å²) in [5, 5.41) is 15.9. The van der Waals surface area contributed by atoms with Crippen molar-refractivity contribution in [3.63, 3.8) is 0 Å². The van der Waals surface area contributed by atoms with E-state index >= 15 is 0 Å². The summed E-state index contributed by atoms with van der Waals surface area (Å²) < 4.78 is 1.57. The molecule has 0 unspecified atom stereocenters. The summed E-state index contributed by atoms with van der Waals surface area (Å²) in [5.41, 5.74) is 2.74. The molecule has 0 radical (unpaired) electrons. The van der Waals surface area contributed by atoms with Crippen molar-refractivity contribution in [2.45, 2.75) is 34.1 Å². The first-order valence-corrected chi connectivity index (χ1v) is 7.03. The molecule has 0 spiro atoms. The van der Waals surface area contributed by atoms with Gasteiger partial charge >= 0.3 is 5.69 Å². The Morgan fingerprint density at radius 2 is 2.15 bits per heavy atom. The molecule has 2 heterocycles. The largest absolute Gasteiger partial charge is 0.306 e. The molecule has 106 valence electrons. The molecular weight excluding hydrogens is 278 g/mol. The number of nitrogens with zero attached hydrogens (tertiary/aromatic N) is 3. The fraction of sp³-hybridized carbons (Fsp3) is 0.385. The van der Waals surface area contributed by atoms with Crippen molar-refractivity contribution >= 4 is 22.8 Å². The van der Waals surface area contributed by atoms with E-state index in [2.05, 4.69) is 5.10 Å². The van der Waals surface area contributed by atoms with E-state index in [1.807, 2.05) is 20.8 Å². The summed E-state index contributed by atoms with van der Waals surface area (Å²) in [4.78, 5) is 22.5. The number of hydrogen-bond acceptors (Lipinski definition) is 5. The van der Waals surface area contributed by atoms with E-state index in [1.165, 1.54) is 13.0 Å². The molecule has 0 atom stereocenters. The third kappa shape index (κ3) is 2.24. The first-order valence-electron chi connectivity index (χ1n) is 6.21. The smallest absolute Gasteiger partial charge is 0.294 e. The summed E-state index contributed by atoms with van der Waals surface area (Å²) in [6.07, 6.45) is 0.816. The zero-order valence-corrected chi connectivity index (χ0v) is 12.6. The molecule has 0 aromatic carbocycles. The highest BCUT2D eigenvalue weighted by atomic mass is 32.1. The Morgan fingerprint density at radius 3 is 2.60 bits per heavy atom. The van der Waals surface area contributed by atoms with Gasteiger partial charge in [0.25, 0.3) is 0 Å². The number of thiophene rings is 1. The maximum absolute atomic E-state index is 11.4. The second-order valence-electron chi connectivity index (χ2n) is 4.53. The van der Waals surface area contributed by atoms with E-state index in [9.17, 15) is 14.9 Å². The van der Waals surface area contributed by atoms with Crippen molar-refractivity contribution in [3.05, 3.63) is 38.0 Å². The minimum atomic E-state index is -0.472. The van der Waals surface area contributed by atoms with Crippen LogP contribution in [-0.4, -0.2) is 20.5 Å². The van der Waals surface area contributed by atoms with E-state index in [1.54, 1.807) is 4.68 Å². The second kappa shape index (κ2) is 5.16. The van der Waals surface area contributed by atoms with Crippen LogP contribution in [0, 0.1) is 24.0 Å². The summed E-state index contributed by atoms with van der Waals surface area (Å²) in [5.74, 6) is -0.179. The first kappa shape index (κ1) is 14.4. The number of aromatic nitrogens is 2. The molecule has 0 amide bonds. The van der Waals surface area contributed by atoms with Gasteiger partial charge in [0.15, 0.2) is 10.8 Å². The van der Waals surface area contributed by atoms with Crippen LogP contribution < -0.4 is 0 Å². The van der Waals surface area contributed by atoms with Crippen LogP contribution in [0.1, 0.15) is 40.5 Å². The van der Waals surface area contributed by atoms with Crippen LogP contribution in [-0.2, 0) is 6.42 Å². The van der Waals surface area contributed by atoms with Crippen LogP contribution >= 0.6 is 11.3 Å². The third-order valence-corrected chi connectivity index (χ3v) is 4.42. The van der Waals surface area contributed by atoms with E-state index in [-0.39, 0.29) is 11.5 Å². The Labute approximate surface area is 120 Å². The summed E-state index contributed by atoms with van der Waals surface area (Å²) >= 11 is 1.10. The van der Waals surface area contributed by atoms with Gasteiger partial charge in [-0.15, -0.1) is 11.3 Å². The number of nitro groups is 1.